The van der Waals surface area contributed by atoms with E-state index in [4.69, 9.17) is 4.42 Å². The van der Waals surface area contributed by atoms with Gasteiger partial charge in [-0.05, 0) is 37.2 Å². The quantitative estimate of drug-likeness (QED) is 0.877. The van der Waals surface area contributed by atoms with E-state index in [0.717, 1.165) is 12.2 Å². The SMILES string of the molecule is CCc1occc1C(NC)c1cnccc1C. The fraction of sp³-hybridized carbons (Fsp3) is 0.357. The molecule has 17 heavy (non-hydrogen) atoms. The predicted octanol–water partition coefficient (Wildman–Crippen LogP) is 2.85. The summed E-state index contributed by atoms with van der Waals surface area (Å²) in [6, 6.07) is 4.22. The maximum Gasteiger partial charge on any atom is 0.108 e. The molecule has 2 heterocycles. The number of rotatable bonds is 4. The molecule has 0 aliphatic carbocycles. The van der Waals surface area contributed by atoms with Crippen LogP contribution in [0.1, 0.15) is 35.4 Å². The van der Waals surface area contributed by atoms with E-state index < -0.39 is 0 Å². The van der Waals surface area contributed by atoms with Gasteiger partial charge in [-0.25, -0.2) is 0 Å². The van der Waals surface area contributed by atoms with Gasteiger partial charge in [0.05, 0.1) is 12.3 Å². The van der Waals surface area contributed by atoms with Crippen molar-refractivity contribution in [3.63, 3.8) is 0 Å². The Morgan fingerprint density at radius 1 is 1.35 bits per heavy atom. The molecule has 0 aliphatic rings. The topological polar surface area (TPSA) is 38.1 Å². The number of aryl methyl sites for hydroxylation is 2. The van der Waals surface area contributed by atoms with Crippen molar-refractivity contribution < 1.29 is 4.42 Å². The lowest BCUT2D eigenvalue weighted by atomic mass is 9.96. The molecule has 0 spiro atoms. The highest BCUT2D eigenvalue weighted by Gasteiger charge is 2.18. The minimum absolute atomic E-state index is 0.150. The van der Waals surface area contributed by atoms with Gasteiger partial charge in [0.2, 0.25) is 0 Å². The molecule has 2 aromatic heterocycles. The second-order valence-corrected chi connectivity index (χ2v) is 4.11. The van der Waals surface area contributed by atoms with Crippen molar-refractivity contribution in [1.82, 2.24) is 10.3 Å². The Labute approximate surface area is 102 Å². The van der Waals surface area contributed by atoms with Crippen molar-refractivity contribution in [1.29, 1.82) is 0 Å². The van der Waals surface area contributed by atoms with Crippen LogP contribution >= 0.6 is 0 Å². The molecule has 0 saturated carbocycles. The summed E-state index contributed by atoms with van der Waals surface area (Å²) in [5.41, 5.74) is 3.64. The monoisotopic (exact) mass is 230 g/mol. The van der Waals surface area contributed by atoms with Gasteiger partial charge in [0.1, 0.15) is 5.76 Å². The summed E-state index contributed by atoms with van der Waals surface area (Å²) in [4.78, 5) is 4.21. The van der Waals surface area contributed by atoms with Crippen molar-refractivity contribution in [2.24, 2.45) is 0 Å². The maximum absolute atomic E-state index is 5.50. The van der Waals surface area contributed by atoms with Crippen LogP contribution in [0.5, 0.6) is 0 Å². The summed E-state index contributed by atoms with van der Waals surface area (Å²) in [6.07, 6.45) is 6.40. The average molecular weight is 230 g/mol. The van der Waals surface area contributed by atoms with Gasteiger partial charge in [-0.3, -0.25) is 4.98 Å². The summed E-state index contributed by atoms with van der Waals surface area (Å²) in [5.74, 6) is 1.03. The van der Waals surface area contributed by atoms with E-state index in [-0.39, 0.29) is 6.04 Å². The molecule has 1 N–H and O–H groups in total. The van der Waals surface area contributed by atoms with Crippen LogP contribution in [-0.2, 0) is 6.42 Å². The van der Waals surface area contributed by atoms with Gasteiger partial charge in [0, 0.05) is 24.4 Å². The first kappa shape index (κ1) is 11.9. The summed E-state index contributed by atoms with van der Waals surface area (Å²) < 4.78 is 5.50. The third-order valence-electron chi connectivity index (χ3n) is 3.09. The van der Waals surface area contributed by atoms with Gasteiger partial charge in [-0.2, -0.15) is 0 Å². The number of hydrogen-bond acceptors (Lipinski definition) is 3. The van der Waals surface area contributed by atoms with Gasteiger partial charge in [-0.1, -0.05) is 6.92 Å². The van der Waals surface area contributed by atoms with Crippen LogP contribution in [-0.4, -0.2) is 12.0 Å². The second-order valence-electron chi connectivity index (χ2n) is 4.11. The minimum atomic E-state index is 0.150. The lowest BCUT2D eigenvalue weighted by Crippen LogP contribution is -2.19. The van der Waals surface area contributed by atoms with Crippen molar-refractivity contribution in [2.75, 3.05) is 7.05 Å². The molecule has 0 saturated heterocycles. The van der Waals surface area contributed by atoms with E-state index in [2.05, 4.69) is 24.1 Å². The number of aromatic nitrogens is 1. The van der Waals surface area contributed by atoms with Crippen LogP contribution in [0.4, 0.5) is 0 Å². The van der Waals surface area contributed by atoms with Crippen LogP contribution < -0.4 is 5.32 Å². The van der Waals surface area contributed by atoms with Gasteiger partial charge < -0.3 is 9.73 Å². The van der Waals surface area contributed by atoms with Gasteiger partial charge >= 0.3 is 0 Å². The fourth-order valence-electron chi connectivity index (χ4n) is 2.15. The molecule has 1 atom stereocenters. The Kier molecular flexibility index (Phi) is 3.59. The van der Waals surface area contributed by atoms with Crippen molar-refractivity contribution in [2.45, 2.75) is 26.3 Å². The Bertz CT molecular complexity index is 490. The van der Waals surface area contributed by atoms with Crippen LogP contribution in [0.25, 0.3) is 0 Å². The number of furan rings is 1. The number of nitrogens with one attached hydrogen (secondary N) is 1. The number of hydrogen-bond donors (Lipinski definition) is 1. The van der Waals surface area contributed by atoms with E-state index in [0.29, 0.717) is 0 Å². The Hall–Kier alpha value is -1.61. The molecule has 3 nitrogen and oxygen atoms in total. The molecule has 0 amide bonds. The molecule has 90 valence electrons. The third-order valence-corrected chi connectivity index (χ3v) is 3.09. The maximum atomic E-state index is 5.50. The van der Waals surface area contributed by atoms with Crippen LogP contribution in [0, 0.1) is 6.92 Å². The Morgan fingerprint density at radius 2 is 2.18 bits per heavy atom. The van der Waals surface area contributed by atoms with Crippen molar-refractivity contribution in [3.8, 4) is 0 Å². The predicted molar refractivity (Wildman–Crippen MR) is 68.0 cm³/mol. The Morgan fingerprint density at radius 3 is 2.82 bits per heavy atom. The zero-order valence-corrected chi connectivity index (χ0v) is 10.5. The van der Waals surface area contributed by atoms with E-state index in [1.807, 2.05) is 31.6 Å². The van der Waals surface area contributed by atoms with Crippen molar-refractivity contribution >= 4 is 0 Å². The van der Waals surface area contributed by atoms with E-state index in [1.54, 1.807) is 6.26 Å². The first-order chi connectivity index (χ1) is 8.27. The van der Waals surface area contributed by atoms with E-state index in [1.165, 1.54) is 16.7 Å². The normalized spacial score (nSPS) is 12.6. The lowest BCUT2D eigenvalue weighted by molar-refractivity contribution is 0.504. The zero-order chi connectivity index (χ0) is 12.3. The molecular weight excluding hydrogens is 212 g/mol. The van der Waals surface area contributed by atoms with Crippen molar-refractivity contribution in [3.05, 3.63) is 53.2 Å². The fourth-order valence-corrected chi connectivity index (χ4v) is 2.15. The first-order valence-corrected chi connectivity index (χ1v) is 5.92. The smallest absolute Gasteiger partial charge is 0.108 e. The standard InChI is InChI=1S/C14H18N2O/c1-4-13-11(6-8-17-13)14(15-3)12-9-16-7-5-10(12)2/h5-9,14-15H,4H2,1-3H3. The van der Waals surface area contributed by atoms with Crippen LogP contribution in [0.2, 0.25) is 0 Å². The molecule has 1 unspecified atom stereocenters. The third kappa shape index (κ3) is 2.24. The molecule has 2 aromatic rings. The average Bonchev–Trinajstić information content (AvgIpc) is 2.81. The van der Waals surface area contributed by atoms with Crippen LogP contribution in [0.3, 0.4) is 0 Å². The highest BCUT2D eigenvalue weighted by atomic mass is 16.3. The molecule has 0 bridgehead atoms. The summed E-state index contributed by atoms with van der Waals surface area (Å²) in [6.45, 7) is 4.21. The second kappa shape index (κ2) is 5.15. The first-order valence-electron chi connectivity index (χ1n) is 5.92. The molecule has 0 radical (unpaired) electrons. The molecule has 0 aromatic carbocycles. The summed E-state index contributed by atoms with van der Waals surface area (Å²) >= 11 is 0. The van der Waals surface area contributed by atoms with E-state index in [9.17, 15) is 0 Å². The zero-order valence-electron chi connectivity index (χ0n) is 10.5. The van der Waals surface area contributed by atoms with E-state index >= 15 is 0 Å². The van der Waals surface area contributed by atoms with Gasteiger partial charge in [0.15, 0.2) is 0 Å². The molecule has 3 heteroatoms. The van der Waals surface area contributed by atoms with Crippen LogP contribution in [0.15, 0.2) is 35.2 Å². The summed E-state index contributed by atoms with van der Waals surface area (Å²) in [7, 11) is 1.96. The summed E-state index contributed by atoms with van der Waals surface area (Å²) in [5, 5.41) is 3.34. The molecular formula is C14H18N2O. The number of pyridine rings is 1. The minimum Gasteiger partial charge on any atom is -0.469 e. The lowest BCUT2D eigenvalue weighted by Gasteiger charge is -2.18. The highest BCUT2D eigenvalue weighted by Crippen LogP contribution is 2.27. The molecule has 0 aliphatic heterocycles. The van der Waals surface area contributed by atoms with Gasteiger partial charge in [0.25, 0.3) is 0 Å². The van der Waals surface area contributed by atoms with Gasteiger partial charge in [-0.15, -0.1) is 0 Å². The largest absolute Gasteiger partial charge is 0.469 e. The molecule has 2 rings (SSSR count). The Balaban J connectivity index is 2.44. The number of nitrogens with zero attached hydrogens (tertiary/aromatic N) is 1. The highest BCUT2D eigenvalue weighted by molar-refractivity contribution is 5.36. The molecule has 0 fully saturated rings.